The van der Waals surface area contributed by atoms with E-state index in [2.05, 4.69) is 26.1 Å². The van der Waals surface area contributed by atoms with Gasteiger partial charge in [-0.15, -0.1) is 0 Å². The molecule has 0 bridgehead atoms. The number of hydrazine groups is 1. The van der Waals surface area contributed by atoms with Crippen molar-refractivity contribution in [2.45, 2.75) is 6.42 Å². The molecule has 0 saturated heterocycles. The van der Waals surface area contributed by atoms with Crippen LogP contribution in [-0.4, -0.2) is 20.8 Å². The summed E-state index contributed by atoms with van der Waals surface area (Å²) in [4.78, 5) is 30.5. The van der Waals surface area contributed by atoms with Crippen LogP contribution in [0.25, 0.3) is 0 Å². The normalized spacial score (nSPS) is 10.3. The minimum Gasteiger partial charge on any atom is -0.334 e. The maximum Gasteiger partial charge on any atom is 0.355 e. The lowest BCUT2D eigenvalue weighted by molar-refractivity contribution is -0.383. The highest BCUT2D eigenvalue weighted by atomic mass is 35.5. The molecule has 2 aromatic carbocycles. The molecule has 11 heteroatoms. The number of aromatic nitrogens is 2. The summed E-state index contributed by atoms with van der Waals surface area (Å²) < 4.78 is 13.3. The first kappa shape index (κ1) is 20.0. The minimum atomic E-state index is -0.709. The first-order chi connectivity index (χ1) is 13.9. The minimum absolute atomic E-state index is 0.0753. The molecule has 1 amide bonds. The molecule has 0 spiro atoms. The molecule has 0 unspecified atom stereocenters. The number of hydrogen-bond donors (Lipinski definition) is 3. The Hall–Kier alpha value is -3.79. The Labute approximate surface area is 169 Å². The van der Waals surface area contributed by atoms with Gasteiger partial charge in [0.15, 0.2) is 0 Å². The molecule has 3 N–H and O–H groups in total. The molecule has 3 aromatic rings. The second-order valence-corrected chi connectivity index (χ2v) is 6.17. The van der Waals surface area contributed by atoms with E-state index >= 15 is 0 Å². The molecule has 0 aliphatic carbocycles. The molecule has 0 fully saturated rings. The molecule has 0 saturated carbocycles. The fourth-order valence-corrected chi connectivity index (χ4v) is 2.58. The molecule has 0 aliphatic rings. The molecular weight excluding hydrogens is 403 g/mol. The van der Waals surface area contributed by atoms with Gasteiger partial charge in [-0.3, -0.25) is 25.8 Å². The molecule has 3 rings (SSSR count). The zero-order chi connectivity index (χ0) is 20.8. The number of benzene rings is 2. The van der Waals surface area contributed by atoms with Crippen molar-refractivity contribution in [1.29, 1.82) is 0 Å². The first-order valence-corrected chi connectivity index (χ1v) is 8.62. The number of amides is 1. The molecule has 0 aliphatic heterocycles. The monoisotopic (exact) mass is 416 g/mol. The largest absolute Gasteiger partial charge is 0.355 e. The number of nitrogens with one attached hydrogen (secondary N) is 3. The van der Waals surface area contributed by atoms with Crippen molar-refractivity contribution in [3.63, 3.8) is 0 Å². The maximum absolute atomic E-state index is 13.3. The van der Waals surface area contributed by atoms with Gasteiger partial charge in [-0.2, -0.15) is 0 Å². The Bertz CT molecular complexity index is 1050. The van der Waals surface area contributed by atoms with Crippen molar-refractivity contribution in [3.05, 3.63) is 81.4 Å². The van der Waals surface area contributed by atoms with Crippen LogP contribution in [0.5, 0.6) is 0 Å². The SMILES string of the molecule is O=C(Cc1ccccc1)NNc1ncnc(Nc2ccc(F)c(Cl)c2)c1[N+](=O)[O-]. The van der Waals surface area contributed by atoms with E-state index < -0.39 is 22.3 Å². The lowest BCUT2D eigenvalue weighted by Crippen LogP contribution is -2.31. The van der Waals surface area contributed by atoms with Gasteiger partial charge in [-0.05, 0) is 23.8 Å². The number of anilines is 3. The number of hydrogen-bond acceptors (Lipinski definition) is 7. The summed E-state index contributed by atoms with van der Waals surface area (Å²) in [5.41, 5.74) is 5.37. The first-order valence-electron chi connectivity index (χ1n) is 8.24. The highest BCUT2D eigenvalue weighted by Crippen LogP contribution is 2.31. The topological polar surface area (TPSA) is 122 Å². The molecule has 29 heavy (non-hydrogen) atoms. The number of halogens is 2. The van der Waals surface area contributed by atoms with Crippen LogP contribution in [0, 0.1) is 15.9 Å². The van der Waals surface area contributed by atoms with E-state index in [-0.39, 0.29) is 28.8 Å². The van der Waals surface area contributed by atoms with Gasteiger partial charge in [0.05, 0.1) is 16.4 Å². The predicted molar refractivity (Wildman–Crippen MR) is 105 cm³/mol. The van der Waals surface area contributed by atoms with Crippen LogP contribution >= 0.6 is 11.6 Å². The van der Waals surface area contributed by atoms with Gasteiger partial charge in [0, 0.05) is 5.69 Å². The third kappa shape index (κ3) is 5.14. The standard InChI is InChI=1S/C18H14ClFN6O3/c19-13-9-12(6-7-14(13)20)23-17-16(26(28)29)18(22-10-21-17)25-24-15(27)8-11-4-2-1-3-5-11/h1-7,9-10H,8H2,(H,24,27)(H2,21,22,23,25). The Morgan fingerprint density at radius 3 is 2.55 bits per heavy atom. The predicted octanol–water partition coefficient (Wildman–Crippen LogP) is 3.61. The van der Waals surface area contributed by atoms with Crippen molar-refractivity contribution in [1.82, 2.24) is 15.4 Å². The number of carbonyl (C=O) groups excluding carboxylic acids is 1. The highest BCUT2D eigenvalue weighted by molar-refractivity contribution is 6.31. The number of nitro groups is 1. The van der Waals surface area contributed by atoms with Crippen LogP contribution in [0.4, 0.5) is 27.4 Å². The van der Waals surface area contributed by atoms with Gasteiger partial charge in [-0.25, -0.2) is 14.4 Å². The van der Waals surface area contributed by atoms with Crippen LogP contribution in [0.1, 0.15) is 5.56 Å². The molecular formula is C18H14ClFN6O3. The molecule has 0 radical (unpaired) electrons. The zero-order valence-corrected chi connectivity index (χ0v) is 15.5. The average Bonchev–Trinajstić information content (AvgIpc) is 2.70. The van der Waals surface area contributed by atoms with E-state index in [0.717, 1.165) is 18.0 Å². The lowest BCUT2D eigenvalue weighted by Gasteiger charge is -2.11. The Morgan fingerprint density at radius 2 is 1.86 bits per heavy atom. The van der Waals surface area contributed by atoms with E-state index in [0.29, 0.717) is 0 Å². The average molecular weight is 417 g/mol. The Balaban J connectivity index is 1.76. The molecule has 0 atom stereocenters. The Kier molecular flexibility index (Phi) is 6.15. The molecule has 9 nitrogen and oxygen atoms in total. The van der Waals surface area contributed by atoms with Gasteiger partial charge in [0.2, 0.25) is 17.5 Å². The van der Waals surface area contributed by atoms with Gasteiger partial charge in [0.1, 0.15) is 12.1 Å². The zero-order valence-electron chi connectivity index (χ0n) is 14.7. The van der Waals surface area contributed by atoms with Crippen molar-refractivity contribution in [3.8, 4) is 0 Å². The summed E-state index contributed by atoms with van der Waals surface area (Å²) in [6.45, 7) is 0. The second kappa shape index (κ2) is 8.93. The van der Waals surface area contributed by atoms with Gasteiger partial charge in [-0.1, -0.05) is 41.9 Å². The molecule has 148 valence electrons. The van der Waals surface area contributed by atoms with E-state index in [1.165, 1.54) is 12.1 Å². The van der Waals surface area contributed by atoms with E-state index in [9.17, 15) is 19.3 Å². The summed E-state index contributed by atoms with van der Waals surface area (Å²) >= 11 is 5.72. The van der Waals surface area contributed by atoms with Crippen molar-refractivity contribution >= 4 is 40.5 Å². The maximum atomic E-state index is 13.3. The van der Waals surface area contributed by atoms with Crippen LogP contribution in [0.2, 0.25) is 5.02 Å². The summed E-state index contributed by atoms with van der Waals surface area (Å²) in [5, 5.41) is 14.1. The fraction of sp³-hybridized carbons (Fsp3) is 0.0556. The number of carbonyl (C=O) groups is 1. The van der Waals surface area contributed by atoms with Crippen molar-refractivity contribution in [2.75, 3.05) is 10.7 Å². The van der Waals surface area contributed by atoms with Gasteiger partial charge in [0.25, 0.3) is 0 Å². The van der Waals surface area contributed by atoms with Crippen molar-refractivity contribution in [2.24, 2.45) is 0 Å². The molecule has 1 heterocycles. The van der Waals surface area contributed by atoms with E-state index in [4.69, 9.17) is 11.6 Å². The fourth-order valence-electron chi connectivity index (χ4n) is 2.40. The van der Waals surface area contributed by atoms with Crippen LogP contribution in [0.3, 0.4) is 0 Å². The quantitative estimate of drug-likeness (QED) is 0.397. The smallest absolute Gasteiger partial charge is 0.334 e. The summed E-state index contributed by atoms with van der Waals surface area (Å²) in [6.07, 6.45) is 1.15. The van der Waals surface area contributed by atoms with Gasteiger partial charge >= 0.3 is 5.69 Å². The third-order valence-electron chi connectivity index (χ3n) is 3.72. The van der Waals surface area contributed by atoms with Crippen LogP contribution < -0.4 is 16.2 Å². The summed E-state index contributed by atoms with van der Waals surface area (Å²) in [7, 11) is 0. The summed E-state index contributed by atoms with van der Waals surface area (Å²) in [6, 6.07) is 12.7. The highest BCUT2D eigenvalue weighted by Gasteiger charge is 2.23. The lowest BCUT2D eigenvalue weighted by atomic mass is 10.1. The summed E-state index contributed by atoms with van der Waals surface area (Å²) in [5.74, 6) is -1.42. The number of rotatable bonds is 7. The van der Waals surface area contributed by atoms with E-state index in [1.54, 1.807) is 24.3 Å². The number of nitrogens with zero attached hydrogens (tertiary/aromatic N) is 3. The van der Waals surface area contributed by atoms with Crippen LogP contribution in [0.15, 0.2) is 54.9 Å². The molecule has 1 aromatic heterocycles. The van der Waals surface area contributed by atoms with Crippen molar-refractivity contribution < 1.29 is 14.1 Å². The Morgan fingerprint density at radius 1 is 1.14 bits per heavy atom. The van der Waals surface area contributed by atoms with Crippen LogP contribution in [-0.2, 0) is 11.2 Å². The van der Waals surface area contributed by atoms with E-state index in [1.807, 2.05) is 6.07 Å². The third-order valence-corrected chi connectivity index (χ3v) is 4.00. The second-order valence-electron chi connectivity index (χ2n) is 5.77. The van der Waals surface area contributed by atoms with Gasteiger partial charge < -0.3 is 5.32 Å².